The third kappa shape index (κ3) is 2.80. The number of halogens is 2. The van der Waals surface area contributed by atoms with Crippen molar-refractivity contribution in [3.8, 4) is 5.75 Å². The summed E-state index contributed by atoms with van der Waals surface area (Å²) in [5.74, 6) is 0.354. The van der Waals surface area contributed by atoms with Gasteiger partial charge in [-0.2, -0.15) is 0 Å². The van der Waals surface area contributed by atoms with Gasteiger partial charge in [-0.05, 0) is 72.6 Å². The molecule has 31 heavy (non-hydrogen) atoms. The fraction of sp³-hybridized carbons (Fsp3) is 0.292. The molecule has 3 fully saturated rings. The molecule has 4 aliphatic carbocycles. The summed E-state index contributed by atoms with van der Waals surface area (Å²) < 4.78 is 5.34. The number of carbonyl (C=O) groups is 3. The summed E-state index contributed by atoms with van der Waals surface area (Å²) in [7, 11) is 0. The minimum Gasteiger partial charge on any atom is -0.421 e. The van der Waals surface area contributed by atoms with E-state index in [0.717, 1.165) is 6.42 Å². The van der Waals surface area contributed by atoms with Crippen molar-refractivity contribution in [3.05, 3.63) is 70.2 Å². The number of carbonyl (C=O) groups excluding carboxylic acids is 3. The standard InChI is InChI=1S/C24H17Cl2NO4/c25-12-3-8-19(18(26)9-12)31-24(30)11-1-4-13(5-2-11)27-22(28)20-14-6-7-15(17-10-16(14)17)21(20)23(27)29/h1-9,14-17,20-21H,10H2/t14-,15-,16-,17+,20+,21+/m0/s1. The fourth-order valence-electron chi connectivity index (χ4n) is 5.67. The topological polar surface area (TPSA) is 63.7 Å². The number of ether oxygens (including phenoxy) is 1. The van der Waals surface area contributed by atoms with E-state index in [0.29, 0.717) is 22.5 Å². The lowest BCUT2D eigenvalue weighted by molar-refractivity contribution is -0.124. The van der Waals surface area contributed by atoms with Crippen LogP contribution in [0.5, 0.6) is 5.75 Å². The van der Waals surface area contributed by atoms with Gasteiger partial charge in [0.05, 0.1) is 28.1 Å². The maximum Gasteiger partial charge on any atom is 0.343 e. The maximum atomic E-state index is 13.2. The number of allylic oxidation sites excluding steroid dienone is 2. The molecule has 2 amide bonds. The van der Waals surface area contributed by atoms with Crippen LogP contribution in [-0.4, -0.2) is 17.8 Å². The number of nitrogens with zero attached hydrogens (tertiary/aromatic N) is 1. The second kappa shape index (κ2) is 6.68. The summed E-state index contributed by atoms with van der Waals surface area (Å²) in [4.78, 5) is 40.2. The molecular formula is C24H17Cl2NO4. The zero-order valence-corrected chi connectivity index (χ0v) is 17.7. The van der Waals surface area contributed by atoms with Crippen LogP contribution < -0.4 is 9.64 Å². The molecule has 0 N–H and O–H groups in total. The third-order valence-corrected chi connectivity index (χ3v) is 7.65. The van der Waals surface area contributed by atoms with Crippen molar-refractivity contribution in [3.63, 3.8) is 0 Å². The highest BCUT2D eigenvalue weighted by Gasteiger charge is 2.67. The van der Waals surface area contributed by atoms with Gasteiger partial charge in [0.1, 0.15) is 5.75 Å². The number of rotatable bonds is 3. The molecule has 0 radical (unpaired) electrons. The Bertz CT molecular complexity index is 1140. The summed E-state index contributed by atoms with van der Waals surface area (Å²) in [6, 6.07) is 10.9. The highest BCUT2D eigenvalue weighted by atomic mass is 35.5. The van der Waals surface area contributed by atoms with E-state index in [9.17, 15) is 14.4 Å². The molecule has 7 rings (SSSR count). The van der Waals surface area contributed by atoms with E-state index < -0.39 is 5.97 Å². The largest absolute Gasteiger partial charge is 0.421 e. The minimum atomic E-state index is -0.592. The van der Waals surface area contributed by atoms with Crippen LogP contribution in [0.1, 0.15) is 16.8 Å². The second-order valence-electron chi connectivity index (χ2n) is 8.68. The maximum absolute atomic E-state index is 13.2. The monoisotopic (exact) mass is 453 g/mol. The van der Waals surface area contributed by atoms with Crippen molar-refractivity contribution in [2.24, 2.45) is 35.5 Å². The molecule has 1 saturated heterocycles. The van der Waals surface area contributed by atoms with Gasteiger partial charge < -0.3 is 4.74 Å². The molecule has 156 valence electrons. The van der Waals surface area contributed by atoms with Gasteiger partial charge in [0.2, 0.25) is 11.8 Å². The number of amides is 2. The average molecular weight is 454 g/mol. The van der Waals surface area contributed by atoms with E-state index in [1.54, 1.807) is 30.3 Å². The van der Waals surface area contributed by atoms with Crippen LogP contribution in [0.4, 0.5) is 5.69 Å². The average Bonchev–Trinajstić information content (AvgIpc) is 3.54. The third-order valence-electron chi connectivity index (χ3n) is 7.12. The number of hydrogen-bond acceptors (Lipinski definition) is 4. The summed E-state index contributed by atoms with van der Waals surface area (Å²) in [5.41, 5.74) is 0.771. The Hall–Kier alpha value is -2.63. The first kappa shape index (κ1) is 19.1. The Balaban J connectivity index is 1.23. The quantitative estimate of drug-likeness (QED) is 0.290. The SMILES string of the molecule is O=C(Oc1ccc(Cl)cc1Cl)c1ccc(N2C(=O)[C@@H]3[C@H]4C=C[C@@H]([C@@H]5C[C@H]45)[C@H]3C2=O)cc1. The van der Waals surface area contributed by atoms with E-state index in [2.05, 4.69) is 12.2 Å². The number of anilines is 1. The van der Waals surface area contributed by atoms with Crippen LogP contribution >= 0.6 is 23.2 Å². The zero-order chi connectivity index (χ0) is 21.4. The van der Waals surface area contributed by atoms with Crippen LogP contribution in [0.2, 0.25) is 10.0 Å². The van der Waals surface area contributed by atoms with Crippen molar-refractivity contribution < 1.29 is 19.1 Å². The first-order chi connectivity index (χ1) is 14.9. The first-order valence-electron chi connectivity index (χ1n) is 10.3. The molecular weight excluding hydrogens is 437 g/mol. The Morgan fingerprint density at radius 1 is 0.903 bits per heavy atom. The Labute approximate surface area is 188 Å². The molecule has 2 bridgehead atoms. The van der Waals surface area contributed by atoms with E-state index >= 15 is 0 Å². The van der Waals surface area contributed by atoms with Gasteiger partial charge in [-0.3, -0.25) is 14.5 Å². The molecule has 2 aromatic rings. The van der Waals surface area contributed by atoms with Gasteiger partial charge in [-0.25, -0.2) is 4.79 Å². The van der Waals surface area contributed by atoms with Crippen molar-refractivity contribution in [1.82, 2.24) is 0 Å². The van der Waals surface area contributed by atoms with Crippen LogP contribution in [0.25, 0.3) is 0 Å². The summed E-state index contributed by atoms with van der Waals surface area (Å²) in [6.07, 6.45) is 5.43. The first-order valence-corrected chi connectivity index (χ1v) is 11.0. The van der Waals surface area contributed by atoms with Crippen molar-refractivity contribution in [2.75, 3.05) is 4.90 Å². The van der Waals surface area contributed by atoms with Crippen LogP contribution in [-0.2, 0) is 9.59 Å². The van der Waals surface area contributed by atoms with Gasteiger partial charge in [-0.15, -0.1) is 0 Å². The smallest absolute Gasteiger partial charge is 0.343 e. The molecule has 2 aromatic carbocycles. The predicted octanol–water partition coefficient (Wildman–Crippen LogP) is 4.77. The Kier molecular flexibility index (Phi) is 4.11. The van der Waals surface area contributed by atoms with Crippen molar-refractivity contribution in [2.45, 2.75) is 6.42 Å². The van der Waals surface area contributed by atoms with Gasteiger partial charge in [0, 0.05) is 5.02 Å². The summed E-state index contributed by atoms with van der Waals surface area (Å²) in [5, 5.41) is 0.672. The molecule has 6 atom stereocenters. The molecule has 1 heterocycles. The van der Waals surface area contributed by atoms with Crippen molar-refractivity contribution >= 4 is 46.7 Å². The van der Waals surface area contributed by atoms with Crippen molar-refractivity contribution in [1.29, 1.82) is 0 Å². The molecule has 7 heteroatoms. The fourth-order valence-corrected chi connectivity index (χ4v) is 6.12. The van der Waals surface area contributed by atoms with E-state index in [1.165, 1.54) is 17.0 Å². The van der Waals surface area contributed by atoms with Gasteiger partial charge in [-0.1, -0.05) is 35.4 Å². The van der Waals surface area contributed by atoms with Gasteiger partial charge >= 0.3 is 5.97 Å². The molecule has 0 unspecified atom stereocenters. The van der Waals surface area contributed by atoms with E-state index in [1.807, 2.05) is 0 Å². The number of hydrogen-bond donors (Lipinski definition) is 0. The van der Waals surface area contributed by atoms with Crippen LogP contribution in [0.3, 0.4) is 0 Å². The Morgan fingerprint density at radius 3 is 2.10 bits per heavy atom. The van der Waals surface area contributed by atoms with E-state index in [-0.39, 0.29) is 51.8 Å². The second-order valence-corrected chi connectivity index (χ2v) is 9.52. The normalized spacial score (nSPS) is 32.1. The van der Waals surface area contributed by atoms with Gasteiger partial charge in [0.15, 0.2) is 0 Å². The number of benzene rings is 2. The summed E-state index contributed by atoms with van der Waals surface area (Å²) in [6.45, 7) is 0. The lowest BCUT2D eigenvalue weighted by Crippen LogP contribution is -2.40. The van der Waals surface area contributed by atoms with Crippen LogP contribution in [0, 0.1) is 35.5 Å². The highest BCUT2D eigenvalue weighted by Crippen LogP contribution is 2.65. The number of esters is 1. The lowest BCUT2D eigenvalue weighted by atomic mass is 9.63. The van der Waals surface area contributed by atoms with Crippen LogP contribution in [0.15, 0.2) is 54.6 Å². The molecule has 5 nitrogen and oxygen atoms in total. The Morgan fingerprint density at radius 2 is 1.52 bits per heavy atom. The minimum absolute atomic E-state index is 0.122. The molecule has 0 aromatic heterocycles. The molecule has 0 spiro atoms. The predicted molar refractivity (Wildman–Crippen MR) is 115 cm³/mol. The molecule has 2 saturated carbocycles. The van der Waals surface area contributed by atoms with E-state index in [4.69, 9.17) is 27.9 Å². The summed E-state index contributed by atoms with van der Waals surface area (Å²) >= 11 is 11.9. The van der Waals surface area contributed by atoms with Gasteiger partial charge in [0.25, 0.3) is 0 Å². The zero-order valence-electron chi connectivity index (χ0n) is 16.2. The number of imide groups is 1. The molecule has 5 aliphatic rings. The molecule has 1 aliphatic heterocycles. The lowest BCUT2D eigenvalue weighted by Gasteiger charge is -2.37. The highest BCUT2D eigenvalue weighted by molar-refractivity contribution is 6.35.